The minimum atomic E-state index is -3.08. The quantitative estimate of drug-likeness (QED) is 0.910. The fourth-order valence-corrected chi connectivity index (χ4v) is 4.03. The molecule has 0 unspecified atom stereocenters. The van der Waals surface area contributed by atoms with Crippen LogP contribution in [0.2, 0.25) is 0 Å². The monoisotopic (exact) mass is 337 g/mol. The van der Waals surface area contributed by atoms with Crippen molar-refractivity contribution in [2.45, 2.75) is 13.8 Å². The average molecular weight is 337 g/mol. The van der Waals surface area contributed by atoms with Crippen molar-refractivity contribution in [1.29, 1.82) is 0 Å². The Morgan fingerprint density at radius 2 is 2.09 bits per heavy atom. The van der Waals surface area contributed by atoms with Gasteiger partial charge in [0, 0.05) is 42.3 Å². The maximum Gasteiger partial charge on any atom is 0.213 e. The summed E-state index contributed by atoms with van der Waals surface area (Å²) in [6, 6.07) is 6.43. The highest BCUT2D eigenvalue weighted by Gasteiger charge is 2.34. The summed E-state index contributed by atoms with van der Waals surface area (Å²) in [5.41, 5.74) is 2.44. The summed E-state index contributed by atoms with van der Waals surface area (Å²) in [7, 11) is -3.08. The molecule has 3 rings (SSSR count). The van der Waals surface area contributed by atoms with E-state index in [9.17, 15) is 12.8 Å². The highest BCUT2D eigenvalue weighted by atomic mass is 32.2. The number of nitrogens with zero attached hydrogens (tertiary/aromatic N) is 2. The van der Waals surface area contributed by atoms with Crippen molar-refractivity contribution in [1.82, 2.24) is 9.29 Å². The second-order valence-electron chi connectivity index (χ2n) is 5.94. The lowest BCUT2D eigenvalue weighted by atomic mass is 10.0. The van der Waals surface area contributed by atoms with Gasteiger partial charge in [-0.3, -0.25) is 4.98 Å². The molecule has 1 aliphatic rings. The number of rotatable bonds is 5. The number of benzene rings is 1. The molecule has 7 heteroatoms. The molecule has 2 heterocycles. The lowest BCUT2D eigenvalue weighted by molar-refractivity contribution is 0.212. The van der Waals surface area contributed by atoms with Crippen LogP contribution >= 0.6 is 0 Å². The van der Waals surface area contributed by atoms with Crippen LogP contribution in [0.25, 0.3) is 10.9 Å². The molecule has 0 aliphatic carbocycles. The Bertz CT molecular complexity index is 833. The molecule has 0 spiro atoms. The summed E-state index contributed by atoms with van der Waals surface area (Å²) in [4.78, 5) is 4.40. The normalized spacial score (nSPS) is 16.5. The zero-order valence-corrected chi connectivity index (χ0v) is 14.0. The Balaban J connectivity index is 1.70. The molecule has 1 aliphatic heterocycles. The largest absolute Gasteiger partial charge is 0.384 e. The smallest absolute Gasteiger partial charge is 0.213 e. The average Bonchev–Trinajstić information content (AvgIpc) is 2.45. The van der Waals surface area contributed by atoms with Crippen molar-refractivity contribution in [2.75, 3.05) is 30.7 Å². The second-order valence-corrected chi connectivity index (χ2v) is 8.19. The highest BCUT2D eigenvalue weighted by molar-refractivity contribution is 7.89. The van der Waals surface area contributed by atoms with Crippen molar-refractivity contribution >= 4 is 26.6 Å². The van der Waals surface area contributed by atoms with E-state index in [1.807, 2.05) is 13.0 Å². The first-order valence-electron chi connectivity index (χ1n) is 7.67. The van der Waals surface area contributed by atoms with E-state index in [1.54, 1.807) is 13.0 Å². The van der Waals surface area contributed by atoms with E-state index in [0.717, 1.165) is 22.3 Å². The van der Waals surface area contributed by atoms with Gasteiger partial charge >= 0.3 is 0 Å². The topological polar surface area (TPSA) is 62.3 Å². The fourth-order valence-electron chi connectivity index (χ4n) is 2.79. The van der Waals surface area contributed by atoms with E-state index >= 15 is 0 Å². The third-order valence-corrected chi connectivity index (χ3v) is 5.98. The summed E-state index contributed by atoms with van der Waals surface area (Å²) in [5.74, 6) is 0.115. The zero-order valence-electron chi connectivity index (χ0n) is 13.2. The minimum absolute atomic E-state index is 0.139. The van der Waals surface area contributed by atoms with Crippen LogP contribution in [0.15, 0.2) is 24.3 Å². The number of aromatic nitrogens is 1. The van der Waals surface area contributed by atoms with Gasteiger partial charge in [-0.25, -0.2) is 17.1 Å². The van der Waals surface area contributed by atoms with E-state index in [0.29, 0.717) is 19.6 Å². The number of hydrogen-bond acceptors (Lipinski definition) is 4. The van der Waals surface area contributed by atoms with Gasteiger partial charge in [0.2, 0.25) is 10.0 Å². The first-order chi connectivity index (χ1) is 10.9. The van der Waals surface area contributed by atoms with Gasteiger partial charge in [0.05, 0.1) is 11.3 Å². The Hall–Kier alpha value is -1.73. The molecule has 0 atom stereocenters. The van der Waals surface area contributed by atoms with Crippen molar-refractivity contribution in [3.63, 3.8) is 0 Å². The van der Waals surface area contributed by atoms with Gasteiger partial charge in [0.15, 0.2) is 0 Å². The summed E-state index contributed by atoms with van der Waals surface area (Å²) >= 11 is 0. The van der Waals surface area contributed by atoms with Crippen molar-refractivity contribution in [3.05, 3.63) is 35.8 Å². The first kappa shape index (κ1) is 16.1. The van der Waals surface area contributed by atoms with Crippen LogP contribution in [-0.4, -0.2) is 43.1 Å². The molecule has 2 aromatic rings. The molecule has 1 aromatic carbocycles. The summed E-state index contributed by atoms with van der Waals surface area (Å²) < 4.78 is 38.4. The van der Waals surface area contributed by atoms with Gasteiger partial charge in [-0.1, -0.05) is 0 Å². The molecule has 0 saturated carbocycles. The zero-order chi connectivity index (χ0) is 16.6. The molecule has 124 valence electrons. The van der Waals surface area contributed by atoms with Crippen LogP contribution in [0, 0.1) is 18.7 Å². The van der Waals surface area contributed by atoms with Gasteiger partial charge in [-0.05, 0) is 38.1 Å². The second kappa shape index (κ2) is 6.05. The number of fused-ring (bicyclic) bond motifs is 1. The Kier molecular flexibility index (Phi) is 4.25. The lowest BCUT2D eigenvalue weighted by Gasteiger charge is -2.38. The fraction of sp³-hybridized carbons (Fsp3) is 0.438. The SMILES string of the molecule is CCS(=O)(=O)N1CC(CNc2cc(C)nc3ccc(F)cc23)C1. The number of sulfonamides is 1. The lowest BCUT2D eigenvalue weighted by Crippen LogP contribution is -2.52. The Morgan fingerprint density at radius 1 is 1.35 bits per heavy atom. The third-order valence-electron chi connectivity index (χ3n) is 4.16. The highest BCUT2D eigenvalue weighted by Crippen LogP contribution is 2.26. The molecule has 1 saturated heterocycles. The van der Waals surface area contributed by atoms with Crippen LogP contribution in [0.5, 0.6) is 0 Å². The van der Waals surface area contributed by atoms with Crippen LogP contribution in [-0.2, 0) is 10.0 Å². The van der Waals surface area contributed by atoms with E-state index in [-0.39, 0.29) is 17.5 Å². The number of halogens is 1. The number of pyridine rings is 1. The Morgan fingerprint density at radius 3 is 2.78 bits per heavy atom. The van der Waals surface area contributed by atoms with Gasteiger partial charge in [0.25, 0.3) is 0 Å². The van der Waals surface area contributed by atoms with Gasteiger partial charge in [0.1, 0.15) is 5.82 Å². The van der Waals surface area contributed by atoms with Crippen LogP contribution < -0.4 is 5.32 Å². The van der Waals surface area contributed by atoms with Gasteiger partial charge in [-0.2, -0.15) is 0 Å². The molecule has 0 amide bonds. The predicted molar refractivity (Wildman–Crippen MR) is 89.5 cm³/mol. The first-order valence-corrected chi connectivity index (χ1v) is 9.28. The maximum atomic E-state index is 13.5. The predicted octanol–water partition coefficient (Wildman–Crippen LogP) is 2.38. The Labute approximate surface area is 135 Å². The van der Waals surface area contributed by atoms with Crippen molar-refractivity contribution < 1.29 is 12.8 Å². The molecule has 1 N–H and O–H groups in total. The van der Waals surface area contributed by atoms with Crippen LogP contribution in [0.1, 0.15) is 12.6 Å². The van der Waals surface area contributed by atoms with Crippen molar-refractivity contribution in [2.24, 2.45) is 5.92 Å². The number of aryl methyl sites for hydroxylation is 1. The van der Waals surface area contributed by atoms with E-state index < -0.39 is 10.0 Å². The molecular weight excluding hydrogens is 317 g/mol. The third kappa shape index (κ3) is 3.30. The van der Waals surface area contributed by atoms with Gasteiger partial charge in [-0.15, -0.1) is 0 Å². The van der Waals surface area contributed by atoms with Crippen LogP contribution in [0.4, 0.5) is 10.1 Å². The number of anilines is 1. The van der Waals surface area contributed by atoms with Crippen molar-refractivity contribution in [3.8, 4) is 0 Å². The van der Waals surface area contributed by atoms with E-state index in [1.165, 1.54) is 16.4 Å². The molecule has 0 bridgehead atoms. The summed E-state index contributed by atoms with van der Waals surface area (Å²) in [6.45, 7) is 5.29. The van der Waals surface area contributed by atoms with E-state index in [2.05, 4.69) is 10.3 Å². The number of nitrogens with one attached hydrogen (secondary N) is 1. The van der Waals surface area contributed by atoms with Crippen LogP contribution in [0.3, 0.4) is 0 Å². The maximum absolute atomic E-state index is 13.5. The number of hydrogen-bond donors (Lipinski definition) is 1. The summed E-state index contributed by atoms with van der Waals surface area (Å²) in [5, 5.41) is 4.06. The molecule has 0 radical (unpaired) electrons. The molecule has 1 fully saturated rings. The summed E-state index contributed by atoms with van der Waals surface area (Å²) in [6.07, 6.45) is 0. The molecular formula is C16H20FN3O2S. The molecule has 5 nitrogen and oxygen atoms in total. The molecule has 23 heavy (non-hydrogen) atoms. The van der Waals surface area contributed by atoms with E-state index in [4.69, 9.17) is 0 Å². The minimum Gasteiger partial charge on any atom is -0.384 e. The standard InChI is InChI=1S/C16H20FN3O2S/c1-3-23(21,22)20-9-12(10-20)8-18-16-6-11(2)19-15-5-4-13(17)7-14(15)16/h4-7,12H,3,8-10H2,1-2H3,(H,18,19). The molecule has 1 aromatic heterocycles. The van der Waals surface area contributed by atoms with Gasteiger partial charge < -0.3 is 5.32 Å².